The van der Waals surface area contributed by atoms with E-state index in [-0.39, 0.29) is 18.6 Å². The number of benzene rings is 2. The first kappa shape index (κ1) is 23.1. The number of likely N-dealkylation sites (tertiary alicyclic amines) is 1. The minimum Gasteiger partial charge on any atom is -0.494 e. The zero-order chi connectivity index (χ0) is 23.1. The molecule has 0 radical (unpaired) electrons. The number of carbonyl (C=O) groups is 1. The van der Waals surface area contributed by atoms with E-state index in [2.05, 4.69) is 0 Å². The smallest absolute Gasteiger partial charge is 0.254 e. The van der Waals surface area contributed by atoms with Gasteiger partial charge in [0.2, 0.25) is 5.90 Å². The second-order valence-electron chi connectivity index (χ2n) is 8.57. The normalized spacial score (nSPS) is 22.4. The number of ether oxygens (including phenoxy) is 2. The van der Waals surface area contributed by atoms with Gasteiger partial charge in [0, 0.05) is 38.1 Å². The highest BCUT2D eigenvalue weighted by atomic mass is 16.5. The molecule has 2 aliphatic heterocycles. The first-order chi connectivity index (χ1) is 16.1. The van der Waals surface area contributed by atoms with Gasteiger partial charge in [-0.1, -0.05) is 42.5 Å². The molecule has 1 N–H and O–H groups in total. The molecule has 0 bridgehead atoms. The monoisotopic (exact) mass is 448 g/mol. The maximum atomic E-state index is 13.7. The van der Waals surface area contributed by atoms with E-state index in [1.807, 2.05) is 78.6 Å². The number of amides is 1. The quantitative estimate of drug-likeness (QED) is 0.587. The third kappa shape index (κ3) is 5.28. The summed E-state index contributed by atoms with van der Waals surface area (Å²) >= 11 is 0. The van der Waals surface area contributed by atoms with E-state index >= 15 is 0 Å². The summed E-state index contributed by atoms with van der Waals surface area (Å²) < 4.78 is 11.8. The van der Waals surface area contributed by atoms with Crippen molar-refractivity contribution in [1.82, 2.24) is 4.90 Å². The molecule has 1 saturated heterocycles. The standard InChI is InChI=1S/C27H32N2O4/c1-21-27(26(31)29-17-5-6-18-29,16-7-11-22-9-3-2-4-10-22)28-25(33-21)23-12-14-24(15-13-23)32-20-8-19-30/h2-4,7,9-15,21,30H,5-6,8,16-20H2,1H3/b11-7+/t21-,27-/m1/s1. The predicted octanol–water partition coefficient (Wildman–Crippen LogP) is 4.08. The molecule has 4 rings (SSSR count). The van der Waals surface area contributed by atoms with Crippen LogP contribution in [0.15, 0.2) is 65.7 Å². The molecule has 0 saturated carbocycles. The van der Waals surface area contributed by atoms with Gasteiger partial charge in [0.15, 0.2) is 5.54 Å². The van der Waals surface area contributed by atoms with Crippen molar-refractivity contribution in [3.63, 3.8) is 0 Å². The van der Waals surface area contributed by atoms with Crippen LogP contribution in [0.4, 0.5) is 0 Å². The maximum Gasteiger partial charge on any atom is 0.254 e. The number of aliphatic hydroxyl groups is 1. The summed E-state index contributed by atoms with van der Waals surface area (Å²) in [6.07, 6.45) is 6.83. The van der Waals surface area contributed by atoms with Crippen LogP contribution < -0.4 is 4.74 Å². The van der Waals surface area contributed by atoms with Crippen molar-refractivity contribution in [1.29, 1.82) is 0 Å². The van der Waals surface area contributed by atoms with Gasteiger partial charge in [-0.05, 0) is 49.6 Å². The van der Waals surface area contributed by atoms with E-state index in [0.717, 1.165) is 42.8 Å². The highest BCUT2D eigenvalue weighted by molar-refractivity contribution is 6.01. The Morgan fingerprint density at radius 1 is 1.18 bits per heavy atom. The lowest BCUT2D eigenvalue weighted by Gasteiger charge is -2.31. The van der Waals surface area contributed by atoms with Gasteiger partial charge in [0.05, 0.1) is 6.61 Å². The Bertz CT molecular complexity index is 981. The van der Waals surface area contributed by atoms with Crippen LogP contribution in [0.2, 0.25) is 0 Å². The topological polar surface area (TPSA) is 71.4 Å². The van der Waals surface area contributed by atoms with Gasteiger partial charge in [-0.25, -0.2) is 4.99 Å². The summed E-state index contributed by atoms with van der Waals surface area (Å²) in [5.74, 6) is 1.26. The van der Waals surface area contributed by atoms with E-state index in [9.17, 15) is 4.79 Å². The Morgan fingerprint density at radius 3 is 2.61 bits per heavy atom. The Hall–Kier alpha value is -3.12. The molecule has 2 heterocycles. The van der Waals surface area contributed by atoms with Crippen molar-refractivity contribution < 1.29 is 19.4 Å². The Morgan fingerprint density at radius 2 is 1.91 bits per heavy atom. The van der Waals surface area contributed by atoms with E-state index < -0.39 is 5.54 Å². The fourth-order valence-electron chi connectivity index (χ4n) is 4.30. The van der Waals surface area contributed by atoms with Crippen LogP contribution in [0, 0.1) is 0 Å². The maximum absolute atomic E-state index is 13.7. The fourth-order valence-corrected chi connectivity index (χ4v) is 4.30. The van der Waals surface area contributed by atoms with Crippen LogP contribution in [0.5, 0.6) is 5.75 Å². The lowest BCUT2D eigenvalue weighted by atomic mass is 9.88. The Labute approximate surface area is 195 Å². The summed E-state index contributed by atoms with van der Waals surface area (Å²) in [6, 6.07) is 17.6. The van der Waals surface area contributed by atoms with Crippen LogP contribution in [0.25, 0.3) is 6.08 Å². The summed E-state index contributed by atoms with van der Waals surface area (Å²) in [5, 5.41) is 8.91. The average Bonchev–Trinajstić information content (AvgIpc) is 3.49. The number of carbonyl (C=O) groups excluding carboxylic acids is 1. The molecule has 2 aromatic rings. The Kier molecular flexibility index (Phi) is 7.45. The molecule has 174 valence electrons. The highest BCUT2D eigenvalue weighted by Crippen LogP contribution is 2.35. The molecule has 2 atom stereocenters. The van der Waals surface area contributed by atoms with Crippen LogP contribution in [-0.4, -0.2) is 59.8 Å². The second kappa shape index (κ2) is 10.7. The number of aliphatic imine (C=N–C) groups is 1. The highest BCUT2D eigenvalue weighted by Gasteiger charge is 2.51. The first-order valence-corrected chi connectivity index (χ1v) is 11.7. The van der Waals surface area contributed by atoms with Crippen LogP contribution in [-0.2, 0) is 9.53 Å². The largest absolute Gasteiger partial charge is 0.494 e. The number of hydrogen-bond acceptors (Lipinski definition) is 5. The molecule has 1 amide bonds. The number of hydrogen-bond donors (Lipinski definition) is 1. The van der Waals surface area contributed by atoms with E-state index in [4.69, 9.17) is 19.6 Å². The predicted molar refractivity (Wildman–Crippen MR) is 129 cm³/mol. The van der Waals surface area contributed by atoms with E-state index in [1.54, 1.807) is 0 Å². The van der Waals surface area contributed by atoms with Crippen molar-refractivity contribution in [3.05, 3.63) is 71.8 Å². The second-order valence-corrected chi connectivity index (χ2v) is 8.57. The van der Waals surface area contributed by atoms with Gasteiger partial charge in [-0.3, -0.25) is 4.79 Å². The molecule has 0 aromatic heterocycles. The molecule has 33 heavy (non-hydrogen) atoms. The van der Waals surface area contributed by atoms with Crippen LogP contribution in [0.3, 0.4) is 0 Å². The zero-order valence-electron chi connectivity index (χ0n) is 19.2. The van der Waals surface area contributed by atoms with Crippen molar-refractivity contribution >= 4 is 17.9 Å². The van der Waals surface area contributed by atoms with E-state index in [0.29, 0.717) is 25.3 Å². The molecular formula is C27H32N2O4. The summed E-state index contributed by atoms with van der Waals surface area (Å²) in [4.78, 5) is 20.5. The third-order valence-corrected chi connectivity index (χ3v) is 6.24. The van der Waals surface area contributed by atoms with Gasteiger partial charge in [0.25, 0.3) is 5.91 Å². The van der Waals surface area contributed by atoms with Crippen molar-refractivity contribution in [2.75, 3.05) is 26.3 Å². The Balaban J connectivity index is 1.58. The number of aliphatic hydroxyl groups excluding tert-OH is 1. The van der Waals surface area contributed by atoms with Gasteiger partial charge in [-0.2, -0.15) is 0 Å². The summed E-state index contributed by atoms with van der Waals surface area (Å²) in [7, 11) is 0. The average molecular weight is 449 g/mol. The molecule has 1 fully saturated rings. The molecule has 0 aliphatic carbocycles. The molecule has 6 nitrogen and oxygen atoms in total. The molecule has 2 aliphatic rings. The van der Waals surface area contributed by atoms with Gasteiger partial charge in [-0.15, -0.1) is 0 Å². The molecule has 0 spiro atoms. The number of nitrogens with zero attached hydrogens (tertiary/aromatic N) is 2. The fraction of sp³-hybridized carbons (Fsp3) is 0.407. The summed E-state index contributed by atoms with van der Waals surface area (Å²) in [5.41, 5.74) is 0.940. The molecule has 2 aromatic carbocycles. The van der Waals surface area contributed by atoms with E-state index in [1.165, 1.54) is 0 Å². The van der Waals surface area contributed by atoms with Crippen LogP contribution >= 0.6 is 0 Å². The lowest BCUT2D eigenvalue weighted by Crippen LogP contribution is -2.51. The zero-order valence-corrected chi connectivity index (χ0v) is 19.2. The SMILES string of the molecule is C[C@H]1OC(c2ccc(OCCCO)cc2)=N[C@@]1(C/C=C/c1ccccc1)C(=O)N1CCCC1. The lowest BCUT2D eigenvalue weighted by molar-refractivity contribution is -0.138. The minimum absolute atomic E-state index is 0.0455. The molecule has 6 heteroatoms. The van der Waals surface area contributed by atoms with Crippen molar-refractivity contribution in [2.45, 2.75) is 44.2 Å². The number of rotatable bonds is 9. The van der Waals surface area contributed by atoms with Gasteiger partial charge in [0.1, 0.15) is 11.9 Å². The summed E-state index contributed by atoms with van der Waals surface area (Å²) in [6.45, 7) is 4.06. The van der Waals surface area contributed by atoms with Crippen molar-refractivity contribution in [2.24, 2.45) is 4.99 Å². The van der Waals surface area contributed by atoms with Crippen molar-refractivity contribution in [3.8, 4) is 5.75 Å². The van der Waals surface area contributed by atoms with Gasteiger partial charge < -0.3 is 19.5 Å². The van der Waals surface area contributed by atoms with Gasteiger partial charge >= 0.3 is 0 Å². The minimum atomic E-state index is -0.971. The molecular weight excluding hydrogens is 416 g/mol. The first-order valence-electron chi connectivity index (χ1n) is 11.7. The molecule has 0 unspecified atom stereocenters. The third-order valence-electron chi connectivity index (χ3n) is 6.24. The van der Waals surface area contributed by atoms with Crippen LogP contribution in [0.1, 0.15) is 43.7 Å².